The molecule has 1 rings (SSSR count). The van der Waals surface area contributed by atoms with Gasteiger partial charge in [0, 0.05) is 12.6 Å². The highest BCUT2D eigenvalue weighted by Crippen LogP contribution is 2.02. The molecule has 0 saturated heterocycles. The molecule has 2 heteroatoms. The van der Waals surface area contributed by atoms with Gasteiger partial charge in [-0.05, 0) is 17.7 Å². The summed E-state index contributed by atoms with van der Waals surface area (Å²) in [6.07, 6.45) is 0. The van der Waals surface area contributed by atoms with E-state index in [2.05, 4.69) is 19.2 Å². The average molecular weight is 197 g/mol. The van der Waals surface area contributed by atoms with E-state index in [1.807, 2.05) is 13.8 Å². The SMILES string of the molecule is CC.CC(C)NCc1ccc(F)cc1. The second-order valence-electron chi connectivity index (χ2n) is 3.16. The summed E-state index contributed by atoms with van der Waals surface area (Å²) in [5.41, 5.74) is 1.12. The number of hydrogen-bond donors (Lipinski definition) is 1. The van der Waals surface area contributed by atoms with Gasteiger partial charge in [0.25, 0.3) is 0 Å². The van der Waals surface area contributed by atoms with Crippen molar-refractivity contribution in [3.05, 3.63) is 35.6 Å². The molecular formula is C12H20FN. The monoisotopic (exact) mass is 197 g/mol. The predicted molar refractivity (Wildman–Crippen MR) is 59.7 cm³/mol. The number of rotatable bonds is 3. The number of nitrogens with one attached hydrogen (secondary N) is 1. The van der Waals surface area contributed by atoms with Crippen LogP contribution >= 0.6 is 0 Å². The van der Waals surface area contributed by atoms with Crippen molar-refractivity contribution in [1.29, 1.82) is 0 Å². The van der Waals surface area contributed by atoms with E-state index < -0.39 is 0 Å². The van der Waals surface area contributed by atoms with Crippen molar-refractivity contribution in [3.63, 3.8) is 0 Å². The molecule has 1 aromatic rings. The van der Waals surface area contributed by atoms with Gasteiger partial charge in [-0.3, -0.25) is 0 Å². The minimum absolute atomic E-state index is 0.178. The molecule has 0 aliphatic heterocycles. The third-order valence-corrected chi connectivity index (χ3v) is 1.63. The second kappa shape index (κ2) is 7.51. The normalized spacial score (nSPS) is 9.57. The van der Waals surface area contributed by atoms with E-state index in [1.165, 1.54) is 12.1 Å². The van der Waals surface area contributed by atoms with Crippen molar-refractivity contribution in [1.82, 2.24) is 5.32 Å². The first-order valence-electron chi connectivity index (χ1n) is 5.16. The Labute approximate surface area is 86.3 Å². The highest BCUT2D eigenvalue weighted by Gasteiger charge is 1.94. The minimum Gasteiger partial charge on any atom is -0.310 e. The Morgan fingerprint density at radius 2 is 1.64 bits per heavy atom. The van der Waals surface area contributed by atoms with Gasteiger partial charge in [-0.1, -0.05) is 39.8 Å². The van der Waals surface area contributed by atoms with E-state index in [-0.39, 0.29) is 5.82 Å². The van der Waals surface area contributed by atoms with Crippen LogP contribution in [0.3, 0.4) is 0 Å². The molecule has 0 aliphatic rings. The van der Waals surface area contributed by atoms with Crippen molar-refractivity contribution >= 4 is 0 Å². The van der Waals surface area contributed by atoms with E-state index in [4.69, 9.17) is 0 Å². The van der Waals surface area contributed by atoms with Crippen LogP contribution in [0.25, 0.3) is 0 Å². The third kappa shape index (κ3) is 5.70. The van der Waals surface area contributed by atoms with Crippen LogP contribution in [0.5, 0.6) is 0 Å². The first-order chi connectivity index (χ1) is 6.68. The Kier molecular flexibility index (Phi) is 7.03. The Balaban J connectivity index is 0.000000791. The quantitative estimate of drug-likeness (QED) is 0.783. The summed E-state index contributed by atoms with van der Waals surface area (Å²) in [7, 11) is 0. The summed E-state index contributed by atoms with van der Waals surface area (Å²) >= 11 is 0. The van der Waals surface area contributed by atoms with Crippen LogP contribution in [0, 0.1) is 5.82 Å². The lowest BCUT2D eigenvalue weighted by Crippen LogP contribution is -2.21. The van der Waals surface area contributed by atoms with Crippen LogP contribution < -0.4 is 5.32 Å². The largest absolute Gasteiger partial charge is 0.310 e. The zero-order valence-corrected chi connectivity index (χ0v) is 9.47. The zero-order chi connectivity index (χ0) is 11.0. The molecule has 0 aromatic heterocycles. The maximum atomic E-state index is 12.5. The molecule has 0 saturated carbocycles. The zero-order valence-electron chi connectivity index (χ0n) is 9.47. The third-order valence-electron chi connectivity index (χ3n) is 1.63. The maximum absolute atomic E-state index is 12.5. The molecule has 1 nitrogen and oxygen atoms in total. The summed E-state index contributed by atoms with van der Waals surface area (Å²) in [6.45, 7) is 8.98. The highest BCUT2D eigenvalue weighted by molar-refractivity contribution is 5.15. The van der Waals surface area contributed by atoms with Crippen molar-refractivity contribution in [2.45, 2.75) is 40.3 Å². The molecule has 0 unspecified atom stereocenters. The van der Waals surface area contributed by atoms with Gasteiger partial charge in [0.1, 0.15) is 5.82 Å². The fraction of sp³-hybridized carbons (Fsp3) is 0.500. The van der Waals surface area contributed by atoms with E-state index in [9.17, 15) is 4.39 Å². The molecule has 14 heavy (non-hydrogen) atoms. The van der Waals surface area contributed by atoms with Gasteiger partial charge in [-0.2, -0.15) is 0 Å². The standard InChI is InChI=1S/C10H14FN.C2H6/c1-8(2)12-7-9-3-5-10(11)6-4-9;1-2/h3-6,8,12H,7H2,1-2H3;1-2H3. The van der Waals surface area contributed by atoms with Gasteiger partial charge in [0.15, 0.2) is 0 Å². The van der Waals surface area contributed by atoms with Gasteiger partial charge in [-0.25, -0.2) is 4.39 Å². The van der Waals surface area contributed by atoms with Crippen molar-refractivity contribution in [2.24, 2.45) is 0 Å². The Hall–Kier alpha value is -0.890. The first kappa shape index (κ1) is 13.1. The number of halogens is 1. The van der Waals surface area contributed by atoms with Crippen LogP contribution in [-0.2, 0) is 6.54 Å². The fourth-order valence-corrected chi connectivity index (χ4v) is 0.924. The molecule has 1 aromatic carbocycles. The molecular weight excluding hydrogens is 177 g/mol. The molecule has 0 aliphatic carbocycles. The Morgan fingerprint density at radius 3 is 2.07 bits per heavy atom. The second-order valence-corrected chi connectivity index (χ2v) is 3.16. The fourth-order valence-electron chi connectivity index (χ4n) is 0.924. The maximum Gasteiger partial charge on any atom is 0.123 e. The van der Waals surface area contributed by atoms with Gasteiger partial charge < -0.3 is 5.32 Å². The molecule has 0 heterocycles. The van der Waals surface area contributed by atoms with Crippen molar-refractivity contribution in [3.8, 4) is 0 Å². The average Bonchev–Trinajstić information content (AvgIpc) is 2.20. The van der Waals surface area contributed by atoms with Gasteiger partial charge in [0.05, 0.1) is 0 Å². The predicted octanol–water partition coefficient (Wildman–Crippen LogP) is 3.35. The lowest BCUT2D eigenvalue weighted by Gasteiger charge is -2.07. The molecule has 1 N–H and O–H groups in total. The molecule has 0 spiro atoms. The van der Waals surface area contributed by atoms with Crippen LogP contribution in [0.2, 0.25) is 0 Å². The molecule has 0 bridgehead atoms. The first-order valence-corrected chi connectivity index (χ1v) is 5.16. The summed E-state index contributed by atoms with van der Waals surface area (Å²) in [4.78, 5) is 0. The summed E-state index contributed by atoms with van der Waals surface area (Å²) < 4.78 is 12.5. The lowest BCUT2D eigenvalue weighted by molar-refractivity contribution is 0.586. The van der Waals surface area contributed by atoms with E-state index >= 15 is 0 Å². The summed E-state index contributed by atoms with van der Waals surface area (Å²) in [5.74, 6) is -0.178. The minimum atomic E-state index is -0.178. The Bertz CT molecular complexity index is 229. The van der Waals surface area contributed by atoms with Gasteiger partial charge in [-0.15, -0.1) is 0 Å². The molecule has 0 amide bonds. The molecule has 0 atom stereocenters. The van der Waals surface area contributed by atoms with Crippen LogP contribution in [0.1, 0.15) is 33.3 Å². The summed E-state index contributed by atoms with van der Waals surface area (Å²) in [6, 6.07) is 7.03. The number of benzene rings is 1. The lowest BCUT2D eigenvalue weighted by atomic mass is 10.2. The molecule has 80 valence electrons. The van der Waals surface area contributed by atoms with E-state index in [0.717, 1.165) is 12.1 Å². The smallest absolute Gasteiger partial charge is 0.123 e. The van der Waals surface area contributed by atoms with E-state index in [0.29, 0.717) is 6.04 Å². The van der Waals surface area contributed by atoms with Crippen LogP contribution in [-0.4, -0.2) is 6.04 Å². The van der Waals surface area contributed by atoms with Crippen molar-refractivity contribution < 1.29 is 4.39 Å². The highest BCUT2D eigenvalue weighted by atomic mass is 19.1. The van der Waals surface area contributed by atoms with Gasteiger partial charge >= 0.3 is 0 Å². The van der Waals surface area contributed by atoms with Gasteiger partial charge in [0.2, 0.25) is 0 Å². The van der Waals surface area contributed by atoms with Crippen LogP contribution in [0.4, 0.5) is 4.39 Å². The number of hydrogen-bond acceptors (Lipinski definition) is 1. The van der Waals surface area contributed by atoms with Crippen LogP contribution in [0.15, 0.2) is 24.3 Å². The summed E-state index contributed by atoms with van der Waals surface area (Å²) in [5, 5.41) is 3.26. The molecule has 0 fully saturated rings. The molecule has 0 radical (unpaired) electrons. The Morgan fingerprint density at radius 1 is 1.14 bits per heavy atom. The topological polar surface area (TPSA) is 12.0 Å². The van der Waals surface area contributed by atoms with E-state index in [1.54, 1.807) is 12.1 Å². The van der Waals surface area contributed by atoms with Crippen molar-refractivity contribution in [2.75, 3.05) is 0 Å².